The van der Waals surface area contributed by atoms with Crippen molar-refractivity contribution >= 4 is 5.91 Å². The number of hydrogen-bond acceptors (Lipinski definition) is 3. The second kappa shape index (κ2) is 9.69. The second-order valence-corrected chi connectivity index (χ2v) is 8.65. The van der Waals surface area contributed by atoms with E-state index in [9.17, 15) is 9.18 Å². The predicted octanol–water partition coefficient (Wildman–Crippen LogP) is 2.83. The Morgan fingerprint density at radius 3 is 2.45 bits per heavy atom. The first-order chi connectivity index (χ1) is 15.1. The van der Waals surface area contributed by atoms with E-state index in [0.29, 0.717) is 12.3 Å². The van der Waals surface area contributed by atoms with Crippen molar-refractivity contribution in [2.24, 2.45) is 5.92 Å². The van der Waals surface area contributed by atoms with Crippen molar-refractivity contribution in [1.82, 2.24) is 5.32 Å². The molecule has 2 aromatic carbocycles. The number of halogens is 1. The van der Waals surface area contributed by atoms with E-state index >= 15 is 0 Å². The number of hydrogen-bond donors (Lipinski definition) is 2. The molecule has 166 valence electrons. The van der Waals surface area contributed by atoms with Crippen LogP contribution in [0.15, 0.2) is 36.4 Å². The van der Waals surface area contributed by atoms with Crippen LogP contribution in [-0.2, 0) is 17.8 Å². The SMILES string of the molecule is COc1cc2c(cc1OC)[C@H](CNC(=O)C1CCCC1)[NH+](Cc1ccc(F)cc1)CC2. The maximum Gasteiger partial charge on any atom is 0.223 e. The molecule has 2 aromatic rings. The van der Waals surface area contributed by atoms with E-state index in [2.05, 4.69) is 17.4 Å². The number of amides is 1. The molecule has 2 atom stereocenters. The molecule has 1 aliphatic heterocycles. The molecule has 2 N–H and O–H groups in total. The largest absolute Gasteiger partial charge is 0.493 e. The lowest BCUT2D eigenvalue weighted by Gasteiger charge is -2.35. The first-order valence-corrected chi connectivity index (χ1v) is 11.2. The Morgan fingerprint density at radius 2 is 1.77 bits per heavy atom. The monoisotopic (exact) mass is 427 g/mol. The summed E-state index contributed by atoms with van der Waals surface area (Å²) in [6.45, 7) is 2.29. The molecule has 5 nitrogen and oxygen atoms in total. The van der Waals surface area contributed by atoms with E-state index < -0.39 is 0 Å². The van der Waals surface area contributed by atoms with Crippen molar-refractivity contribution in [3.8, 4) is 11.5 Å². The third-order valence-corrected chi connectivity index (χ3v) is 6.78. The van der Waals surface area contributed by atoms with Gasteiger partial charge in [-0.25, -0.2) is 4.39 Å². The molecule has 4 rings (SSSR count). The number of methoxy groups -OCH3 is 2. The van der Waals surface area contributed by atoms with Crippen molar-refractivity contribution in [2.75, 3.05) is 27.3 Å². The molecule has 2 aliphatic rings. The highest BCUT2D eigenvalue weighted by molar-refractivity contribution is 5.78. The minimum absolute atomic E-state index is 0.0963. The van der Waals surface area contributed by atoms with Gasteiger partial charge >= 0.3 is 0 Å². The normalized spacial score (nSPS) is 20.9. The second-order valence-electron chi connectivity index (χ2n) is 8.65. The smallest absolute Gasteiger partial charge is 0.223 e. The molecule has 1 heterocycles. The number of nitrogens with one attached hydrogen (secondary N) is 2. The van der Waals surface area contributed by atoms with Crippen LogP contribution in [0.25, 0.3) is 0 Å². The minimum Gasteiger partial charge on any atom is -0.493 e. The van der Waals surface area contributed by atoms with Crippen LogP contribution in [0, 0.1) is 11.7 Å². The Morgan fingerprint density at radius 1 is 1.10 bits per heavy atom. The van der Waals surface area contributed by atoms with Gasteiger partial charge in [0.25, 0.3) is 0 Å². The number of fused-ring (bicyclic) bond motifs is 1. The average Bonchev–Trinajstić information content (AvgIpc) is 3.33. The van der Waals surface area contributed by atoms with Crippen LogP contribution < -0.4 is 19.7 Å². The third kappa shape index (κ3) is 4.85. The van der Waals surface area contributed by atoms with Gasteiger partial charge in [0.15, 0.2) is 11.5 Å². The summed E-state index contributed by atoms with van der Waals surface area (Å²) in [5.41, 5.74) is 3.51. The molecule has 0 aromatic heterocycles. The number of ether oxygens (including phenoxy) is 2. The van der Waals surface area contributed by atoms with Crippen molar-refractivity contribution < 1.29 is 23.6 Å². The fourth-order valence-electron chi connectivity index (χ4n) is 5.03. The molecule has 1 amide bonds. The lowest BCUT2D eigenvalue weighted by molar-refractivity contribution is -0.945. The Labute approximate surface area is 183 Å². The van der Waals surface area contributed by atoms with Crippen molar-refractivity contribution in [3.05, 3.63) is 58.9 Å². The molecule has 0 bridgehead atoms. The van der Waals surface area contributed by atoms with Crippen LogP contribution in [0.4, 0.5) is 4.39 Å². The van der Waals surface area contributed by atoms with Gasteiger partial charge < -0.3 is 19.7 Å². The van der Waals surface area contributed by atoms with E-state index in [1.54, 1.807) is 14.2 Å². The zero-order valence-electron chi connectivity index (χ0n) is 18.4. The van der Waals surface area contributed by atoms with E-state index in [4.69, 9.17) is 9.47 Å². The fraction of sp³-hybridized carbons (Fsp3) is 0.480. The Bertz CT molecular complexity index is 910. The van der Waals surface area contributed by atoms with Gasteiger partial charge in [0.1, 0.15) is 18.4 Å². The average molecular weight is 428 g/mol. The standard InChI is InChI=1S/C25H31FN2O3/c1-30-23-13-19-11-12-28(16-17-7-9-20(26)10-8-17)22(21(19)14-24(23)31-2)15-27-25(29)18-5-3-4-6-18/h7-10,13-14,18,22H,3-6,11-12,15-16H2,1-2H3,(H,27,29)/p+1/t22-/m0/s1. The molecule has 1 fully saturated rings. The lowest BCUT2D eigenvalue weighted by Crippen LogP contribution is -3.12. The zero-order valence-corrected chi connectivity index (χ0v) is 18.4. The summed E-state index contributed by atoms with van der Waals surface area (Å²) >= 11 is 0. The highest BCUT2D eigenvalue weighted by atomic mass is 19.1. The van der Waals surface area contributed by atoms with Gasteiger partial charge in [-0.2, -0.15) is 0 Å². The van der Waals surface area contributed by atoms with Crippen molar-refractivity contribution in [3.63, 3.8) is 0 Å². The number of carbonyl (C=O) groups excluding carboxylic acids is 1. The van der Waals surface area contributed by atoms with Gasteiger partial charge in [0, 0.05) is 23.5 Å². The van der Waals surface area contributed by atoms with Gasteiger partial charge in [0.05, 0.1) is 27.3 Å². The predicted molar refractivity (Wildman–Crippen MR) is 117 cm³/mol. The molecule has 0 saturated heterocycles. The van der Waals surface area contributed by atoms with Crippen molar-refractivity contribution in [2.45, 2.75) is 44.7 Å². The third-order valence-electron chi connectivity index (χ3n) is 6.78. The van der Waals surface area contributed by atoms with Gasteiger partial charge in [-0.1, -0.05) is 25.0 Å². The lowest BCUT2D eigenvalue weighted by atomic mass is 9.91. The number of benzene rings is 2. The van der Waals surface area contributed by atoms with Crippen LogP contribution in [0.3, 0.4) is 0 Å². The van der Waals surface area contributed by atoms with Crippen molar-refractivity contribution in [1.29, 1.82) is 0 Å². The van der Waals surface area contributed by atoms with Gasteiger partial charge in [-0.15, -0.1) is 0 Å². The van der Waals surface area contributed by atoms with Gasteiger partial charge in [-0.05, 0) is 42.7 Å². The summed E-state index contributed by atoms with van der Waals surface area (Å²) in [6, 6.07) is 10.9. The molecular formula is C25H32FN2O3+. The minimum atomic E-state index is -0.222. The van der Waals surface area contributed by atoms with Crippen LogP contribution in [0.2, 0.25) is 0 Å². The Balaban J connectivity index is 1.59. The first kappa shape index (κ1) is 21.6. The molecule has 6 heteroatoms. The van der Waals surface area contributed by atoms with Gasteiger partial charge in [0.2, 0.25) is 5.91 Å². The summed E-state index contributed by atoms with van der Waals surface area (Å²) < 4.78 is 24.4. The molecule has 1 unspecified atom stereocenters. The number of carbonyl (C=O) groups is 1. The highest BCUT2D eigenvalue weighted by Crippen LogP contribution is 2.34. The Kier molecular flexibility index (Phi) is 6.76. The summed E-state index contributed by atoms with van der Waals surface area (Å²) in [5.74, 6) is 1.54. The Hall–Kier alpha value is -2.60. The van der Waals surface area contributed by atoms with Gasteiger partial charge in [-0.3, -0.25) is 4.79 Å². The maximum absolute atomic E-state index is 13.4. The highest BCUT2D eigenvalue weighted by Gasteiger charge is 2.34. The molecule has 1 aliphatic carbocycles. The summed E-state index contributed by atoms with van der Waals surface area (Å²) in [5, 5.41) is 3.23. The van der Waals surface area contributed by atoms with E-state index in [-0.39, 0.29) is 23.7 Å². The molecule has 0 spiro atoms. The molecule has 1 saturated carbocycles. The number of rotatable bonds is 7. The van der Waals surface area contributed by atoms with E-state index in [1.165, 1.54) is 28.2 Å². The fourth-order valence-corrected chi connectivity index (χ4v) is 5.03. The quantitative estimate of drug-likeness (QED) is 0.715. The van der Waals surface area contributed by atoms with E-state index in [1.807, 2.05) is 12.1 Å². The topological polar surface area (TPSA) is 52.0 Å². The van der Waals surface area contributed by atoms with Crippen LogP contribution in [-0.4, -0.2) is 33.2 Å². The van der Waals surface area contributed by atoms with E-state index in [0.717, 1.165) is 56.5 Å². The van der Waals surface area contributed by atoms with Crippen LogP contribution in [0.1, 0.15) is 48.4 Å². The summed E-state index contributed by atoms with van der Waals surface area (Å²) in [6.07, 6.45) is 5.18. The number of quaternary nitrogens is 1. The maximum atomic E-state index is 13.4. The summed E-state index contributed by atoms with van der Waals surface area (Å²) in [7, 11) is 3.30. The molecule has 0 radical (unpaired) electrons. The molecular weight excluding hydrogens is 395 g/mol. The van der Waals surface area contributed by atoms with Crippen LogP contribution in [0.5, 0.6) is 11.5 Å². The summed E-state index contributed by atoms with van der Waals surface area (Å²) in [4.78, 5) is 14.1. The zero-order chi connectivity index (χ0) is 21.8. The molecule has 31 heavy (non-hydrogen) atoms. The van der Waals surface area contributed by atoms with Crippen LogP contribution >= 0.6 is 0 Å². The first-order valence-electron chi connectivity index (χ1n) is 11.2.